The lowest BCUT2D eigenvalue weighted by Crippen LogP contribution is -2.27. The first kappa shape index (κ1) is 19.9. The molecule has 7 nitrogen and oxygen atoms in total. The van der Waals surface area contributed by atoms with Crippen molar-refractivity contribution < 1.29 is 19.1 Å². The normalized spacial score (nSPS) is 12.9. The molecule has 2 amide bonds. The third-order valence-electron chi connectivity index (χ3n) is 4.70. The minimum absolute atomic E-state index is 0.183. The highest BCUT2D eigenvalue weighted by Crippen LogP contribution is 2.33. The standard InChI is InChI=1S/C22H21N3O4S/c1-28-18-10-7-13(11-19(18)29-2)22-25-17(12-30-22)21(27)24-16-6-4-3-5-15(16)20(26)23-14-8-9-14/h3-7,10-12,14H,8-9H2,1-2H3,(H,23,26)(H,24,27). The third kappa shape index (κ3) is 4.28. The summed E-state index contributed by atoms with van der Waals surface area (Å²) in [6.07, 6.45) is 2.00. The number of amides is 2. The average Bonchev–Trinajstić information content (AvgIpc) is 3.44. The molecule has 0 saturated heterocycles. The molecule has 154 valence electrons. The molecule has 1 heterocycles. The molecule has 0 spiro atoms. The van der Waals surface area contributed by atoms with E-state index in [1.165, 1.54) is 11.3 Å². The second kappa shape index (κ2) is 8.54. The Morgan fingerprint density at radius 3 is 2.53 bits per heavy atom. The monoisotopic (exact) mass is 423 g/mol. The number of carbonyl (C=O) groups excluding carboxylic acids is 2. The predicted molar refractivity (Wildman–Crippen MR) is 116 cm³/mol. The highest BCUT2D eigenvalue weighted by Gasteiger charge is 2.25. The highest BCUT2D eigenvalue weighted by atomic mass is 32.1. The molecule has 1 aromatic heterocycles. The highest BCUT2D eigenvalue weighted by molar-refractivity contribution is 7.13. The number of anilines is 1. The quantitative estimate of drug-likeness (QED) is 0.600. The van der Waals surface area contributed by atoms with E-state index in [-0.39, 0.29) is 23.6 Å². The van der Waals surface area contributed by atoms with Crippen LogP contribution in [0.3, 0.4) is 0 Å². The van der Waals surface area contributed by atoms with Gasteiger partial charge in [0.2, 0.25) is 0 Å². The Labute approximate surface area is 178 Å². The lowest BCUT2D eigenvalue weighted by atomic mass is 10.1. The summed E-state index contributed by atoms with van der Waals surface area (Å²) < 4.78 is 10.6. The maximum atomic E-state index is 12.7. The molecule has 1 aliphatic carbocycles. The van der Waals surface area contributed by atoms with Crippen molar-refractivity contribution in [3.05, 3.63) is 59.1 Å². The number of hydrogen-bond donors (Lipinski definition) is 2. The summed E-state index contributed by atoms with van der Waals surface area (Å²) in [5.41, 5.74) is 2.00. The molecule has 2 N–H and O–H groups in total. The topological polar surface area (TPSA) is 89.5 Å². The maximum absolute atomic E-state index is 12.7. The van der Waals surface area contributed by atoms with Gasteiger partial charge in [-0.2, -0.15) is 0 Å². The largest absolute Gasteiger partial charge is 0.493 e. The Bertz CT molecular complexity index is 1090. The Kier molecular flexibility index (Phi) is 5.67. The summed E-state index contributed by atoms with van der Waals surface area (Å²) in [5, 5.41) is 8.12. The minimum atomic E-state index is -0.371. The fourth-order valence-electron chi connectivity index (χ4n) is 2.95. The maximum Gasteiger partial charge on any atom is 0.275 e. The number of thiazole rings is 1. The Morgan fingerprint density at radius 1 is 1.03 bits per heavy atom. The van der Waals surface area contributed by atoms with Crippen LogP contribution in [0.25, 0.3) is 10.6 Å². The molecule has 0 radical (unpaired) electrons. The van der Waals surface area contributed by atoms with E-state index in [0.717, 1.165) is 18.4 Å². The van der Waals surface area contributed by atoms with Crippen LogP contribution >= 0.6 is 11.3 Å². The first-order chi connectivity index (χ1) is 14.6. The fraction of sp³-hybridized carbons (Fsp3) is 0.227. The summed E-state index contributed by atoms with van der Waals surface area (Å²) in [5.74, 6) is 0.658. The molecule has 3 aromatic rings. The van der Waals surface area contributed by atoms with Crippen molar-refractivity contribution in [2.45, 2.75) is 18.9 Å². The number of carbonyl (C=O) groups is 2. The number of para-hydroxylation sites is 1. The Morgan fingerprint density at radius 2 is 1.80 bits per heavy atom. The van der Waals surface area contributed by atoms with Gasteiger partial charge in [-0.05, 0) is 43.2 Å². The van der Waals surface area contributed by atoms with Gasteiger partial charge in [-0.15, -0.1) is 11.3 Å². The van der Waals surface area contributed by atoms with E-state index in [2.05, 4.69) is 15.6 Å². The van der Waals surface area contributed by atoms with Crippen LogP contribution in [0.5, 0.6) is 11.5 Å². The van der Waals surface area contributed by atoms with Crippen molar-refractivity contribution >= 4 is 28.8 Å². The van der Waals surface area contributed by atoms with E-state index in [9.17, 15) is 9.59 Å². The summed E-state index contributed by atoms with van der Waals surface area (Å²) in [6.45, 7) is 0. The number of hydrogen-bond acceptors (Lipinski definition) is 6. The van der Waals surface area contributed by atoms with Gasteiger partial charge >= 0.3 is 0 Å². The van der Waals surface area contributed by atoms with E-state index >= 15 is 0 Å². The molecule has 2 aromatic carbocycles. The minimum Gasteiger partial charge on any atom is -0.493 e. The van der Waals surface area contributed by atoms with Gasteiger partial charge in [0.15, 0.2) is 11.5 Å². The van der Waals surface area contributed by atoms with E-state index in [1.54, 1.807) is 49.9 Å². The molecule has 0 atom stereocenters. The van der Waals surface area contributed by atoms with E-state index in [4.69, 9.17) is 9.47 Å². The van der Waals surface area contributed by atoms with Gasteiger partial charge < -0.3 is 20.1 Å². The molecule has 0 aliphatic heterocycles. The molecular weight excluding hydrogens is 402 g/mol. The van der Waals surface area contributed by atoms with Crippen LogP contribution in [-0.4, -0.2) is 37.1 Å². The zero-order chi connectivity index (χ0) is 21.1. The summed E-state index contributed by atoms with van der Waals surface area (Å²) in [7, 11) is 3.14. The Balaban J connectivity index is 1.52. The van der Waals surface area contributed by atoms with Crippen LogP contribution < -0.4 is 20.1 Å². The summed E-state index contributed by atoms with van der Waals surface area (Å²) in [4.78, 5) is 29.6. The second-order valence-corrected chi connectivity index (χ2v) is 7.71. The molecule has 4 rings (SSSR count). The van der Waals surface area contributed by atoms with Gasteiger partial charge in [0.1, 0.15) is 10.7 Å². The van der Waals surface area contributed by atoms with Gasteiger partial charge in [0.25, 0.3) is 11.8 Å². The van der Waals surface area contributed by atoms with Crippen molar-refractivity contribution in [1.29, 1.82) is 0 Å². The van der Waals surface area contributed by atoms with Crippen molar-refractivity contribution in [3.63, 3.8) is 0 Å². The van der Waals surface area contributed by atoms with E-state index in [0.29, 0.717) is 27.8 Å². The Hall–Kier alpha value is -3.39. The van der Waals surface area contributed by atoms with Crippen molar-refractivity contribution in [2.75, 3.05) is 19.5 Å². The fourth-order valence-corrected chi connectivity index (χ4v) is 3.74. The van der Waals surface area contributed by atoms with Crippen LogP contribution in [0.15, 0.2) is 47.8 Å². The number of benzene rings is 2. The van der Waals surface area contributed by atoms with Gasteiger partial charge in [-0.3, -0.25) is 9.59 Å². The van der Waals surface area contributed by atoms with Gasteiger partial charge in [0, 0.05) is 17.0 Å². The summed E-state index contributed by atoms with van der Waals surface area (Å²) in [6, 6.07) is 12.7. The number of rotatable bonds is 7. The van der Waals surface area contributed by atoms with Gasteiger partial charge in [-0.1, -0.05) is 12.1 Å². The first-order valence-corrected chi connectivity index (χ1v) is 10.4. The average molecular weight is 423 g/mol. The predicted octanol–water partition coefficient (Wildman–Crippen LogP) is 3.97. The smallest absolute Gasteiger partial charge is 0.275 e. The molecule has 1 fully saturated rings. The lowest BCUT2D eigenvalue weighted by molar-refractivity contribution is 0.0952. The SMILES string of the molecule is COc1ccc(-c2nc(C(=O)Nc3ccccc3C(=O)NC3CC3)cs2)cc1OC. The number of ether oxygens (including phenoxy) is 2. The second-order valence-electron chi connectivity index (χ2n) is 6.86. The number of nitrogens with zero attached hydrogens (tertiary/aromatic N) is 1. The molecule has 0 bridgehead atoms. The van der Waals surface area contributed by atoms with Gasteiger partial charge in [0.05, 0.1) is 25.5 Å². The molecule has 30 heavy (non-hydrogen) atoms. The van der Waals surface area contributed by atoms with Crippen LogP contribution in [-0.2, 0) is 0 Å². The zero-order valence-corrected chi connectivity index (χ0v) is 17.4. The van der Waals surface area contributed by atoms with Gasteiger partial charge in [-0.25, -0.2) is 4.98 Å². The van der Waals surface area contributed by atoms with Crippen molar-refractivity contribution in [1.82, 2.24) is 10.3 Å². The summed E-state index contributed by atoms with van der Waals surface area (Å²) >= 11 is 1.35. The number of aromatic nitrogens is 1. The molecule has 0 unspecified atom stereocenters. The van der Waals surface area contributed by atoms with E-state index in [1.807, 2.05) is 12.1 Å². The zero-order valence-electron chi connectivity index (χ0n) is 16.6. The molecular formula is C22H21N3O4S. The molecule has 1 aliphatic rings. The third-order valence-corrected chi connectivity index (χ3v) is 5.59. The number of nitrogens with one attached hydrogen (secondary N) is 2. The number of methoxy groups -OCH3 is 2. The van der Waals surface area contributed by atoms with Crippen LogP contribution in [0, 0.1) is 0 Å². The van der Waals surface area contributed by atoms with Crippen molar-refractivity contribution in [3.8, 4) is 22.1 Å². The van der Waals surface area contributed by atoms with Crippen molar-refractivity contribution in [2.24, 2.45) is 0 Å². The van der Waals surface area contributed by atoms with Crippen LogP contribution in [0.2, 0.25) is 0 Å². The lowest BCUT2D eigenvalue weighted by Gasteiger charge is -2.10. The van der Waals surface area contributed by atoms with E-state index < -0.39 is 0 Å². The molecule has 8 heteroatoms. The van der Waals surface area contributed by atoms with Crippen LogP contribution in [0.4, 0.5) is 5.69 Å². The molecule has 1 saturated carbocycles. The van der Waals surface area contributed by atoms with Crippen LogP contribution in [0.1, 0.15) is 33.7 Å². The first-order valence-electron chi connectivity index (χ1n) is 9.48.